The number of halogens is 3. The number of rotatable bonds is 7. The summed E-state index contributed by atoms with van der Waals surface area (Å²) in [5.41, 5.74) is 1.85. The Bertz CT molecular complexity index is 798. The number of morpholine rings is 1. The topological polar surface area (TPSA) is 48.9 Å². The van der Waals surface area contributed by atoms with E-state index in [1.54, 1.807) is 6.07 Å². The fraction of sp³-hybridized carbons (Fsp3) is 0.409. The summed E-state index contributed by atoms with van der Waals surface area (Å²) in [5, 5.41) is 6.61. The molecule has 30 heavy (non-hydrogen) atoms. The van der Waals surface area contributed by atoms with Crippen LogP contribution >= 0.6 is 24.0 Å². The Morgan fingerprint density at radius 1 is 1.07 bits per heavy atom. The van der Waals surface area contributed by atoms with E-state index >= 15 is 0 Å². The first-order valence-corrected chi connectivity index (χ1v) is 9.99. The number of benzene rings is 2. The van der Waals surface area contributed by atoms with Crippen LogP contribution < -0.4 is 10.6 Å². The third kappa shape index (κ3) is 7.48. The minimum Gasteiger partial charge on any atom is -0.379 e. The number of aliphatic imine (C=N–C) groups is 1. The molecule has 5 nitrogen and oxygen atoms in total. The molecule has 0 radical (unpaired) electrons. The van der Waals surface area contributed by atoms with Crippen molar-refractivity contribution in [1.29, 1.82) is 0 Å². The number of nitrogens with zero attached hydrogens (tertiary/aromatic N) is 2. The molecule has 1 heterocycles. The monoisotopic (exact) mass is 530 g/mol. The summed E-state index contributed by atoms with van der Waals surface area (Å²) in [6.07, 6.45) is 0. The fourth-order valence-electron chi connectivity index (χ4n) is 3.37. The van der Waals surface area contributed by atoms with Crippen molar-refractivity contribution in [1.82, 2.24) is 15.5 Å². The van der Waals surface area contributed by atoms with Crippen LogP contribution in [-0.2, 0) is 11.3 Å². The van der Waals surface area contributed by atoms with E-state index in [-0.39, 0.29) is 41.7 Å². The van der Waals surface area contributed by atoms with E-state index in [0.717, 1.165) is 24.2 Å². The lowest BCUT2D eigenvalue weighted by molar-refractivity contribution is 0.0170. The van der Waals surface area contributed by atoms with Gasteiger partial charge in [-0.15, -0.1) is 24.0 Å². The lowest BCUT2D eigenvalue weighted by Crippen LogP contribution is -2.46. The van der Waals surface area contributed by atoms with Gasteiger partial charge in [0.1, 0.15) is 11.6 Å². The summed E-state index contributed by atoms with van der Waals surface area (Å²) in [6.45, 7) is 6.72. The summed E-state index contributed by atoms with van der Waals surface area (Å²) in [7, 11) is 0. The van der Waals surface area contributed by atoms with E-state index in [2.05, 4.69) is 20.5 Å². The van der Waals surface area contributed by atoms with Crippen LogP contribution in [0.4, 0.5) is 8.78 Å². The molecule has 1 unspecified atom stereocenters. The van der Waals surface area contributed by atoms with Crippen molar-refractivity contribution in [3.05, 3.63) is 71.3 Å². The van der Waals surface area contributed by atoms with Gasteiger partial charge in [0.15, 0.2) is 5.96 Å². The number of ether oxygens (including phenoxy) is 1. The zero-order chi connectivity index (χ0) is 20.5. The SMILES string of the molecule is CCNC(=NCc1cccc(F)c1)NCC(c1ccc(F)cc1)N1CCOCC1.I. The third-order valence-electron chi connectivity index (χ3n) is 4.86. The largest absolute Gasteiger partial charge is 0.379 e. The smallest absolute Gasteiger partial charge is 0.191 e. The van der Waals surface area contributed by atoms with E-state index in [1.165, 1.54) is 24.3 Å². The van der Waals surface area contributed by atoms with Crippen LogP contribution in [0.25, 0.3) is 0 Å². The van der Waals surface area contributed by atoms with Crippen LogP contribution in [0.2, 0.25) is 0 Å². The highest BCUT2D eigenvalue weighted by atomic mass is 127. The Hall–Kier alpha value is -1.78. The predicted molar refractivity (Wildman–Crippen MR) is 126 cm³/mol. The second-order valence-corrected chi connectivity index (χ2v) is 6.92. The average Bonchev–Trinajstić information content (AvgIpc) is 2.74. The summed E-state index contributed by atoms with van der Waals surface area (Å²) in [5.74, 6) is 0.156. The molecule has 0 spiro atoms. The fourth-order valence-corrected chi connectivity index (χ4v) is 3.37. The van der Waals surface area contributed by atoms with Crippen LogP contribution in [0, 0.1) is 11.6 Å². The molecule has 2 aromatic carbocycles. The van der Waals surface area contributed by atoms with Gasteiger partial charge in [0, 0.05) is 26.2 Å². The molecule has 0 bridgehead atoms. The van der Waals surface area contributed by atoms with E-state index in [9.17, 15) is 8.78 Å². The lowest BCUT2D eigenvalue weighted by atomic mass is 10.0. The van der Waals surface area contributed by atoms with Gasteiger partial charge in [0.05, 0.1) is 25.8 Å². The molecule has 3 rings (SSSR count). The molecule has 1 aliphatic rings. The Labute approximate surface area is 193 Å². The number of guanidine groups is 1. The Kier molecular flexibility index (Phi) is 10.5. The zero-order valence-corrected chi connectivity index (χ0v) is 19.4. The van der Waals surface area contributed by atoms with E-state index in [0.29, 0.717) is 38.8 Å². The van der Waals surface area contributed by atoms with Gasteiger partial charge in [-0.05, 0) is 42.3 Å². The maximum absolute atomic E-state index is 13.4. The first-order valence-electron chi connectivity index (χ1n) is 9.99. The second kappa shape index (κ2) is 12.8. The quantitative estimate of drug-likeness (QED) is 0.326. The Morgan fingerprint density at radius 2 is 1.80 bits per heavy atom. The molecule has 2 aromatic rings. The van der Waals surface area contributed by atoms with Crippen molar-refractivity contribution in [3.8, 4) is 0 Å². The average molecular weight is 530 g/mol. The molecule has 1 fully saturated rings. The van der Waals surface area contributed by atoms with Gasteiger partial charge in [-0.25, -0.2) is 13.8 Å². The van der Waals surface area contributed by atoms with E-state index < -0.39 is 0 Å². The van der Waals surface area contributed by atoms with E-state index in [1.807, 2.05) is 25.1 Å². The highest BCUT2D eigenvalue weighted by Gasteiger charge is 2.23. The first kappa shape index (κ1) is 24.5. The van der Waals surface area contributed by atoms with Crippen molar-refractivity contribution in [2.24, 2.45) is 4.99 Å². The van der Waals surface area contributed by atoms with Gasteiger partial charge in [-0.2, -0.15) is 0 Å². The van der Waals surface area contributed by atoms with Gasteiger partial charge in [-0.3, -0.25) is 4.90 Å². The second-order valence-electron chi connectivity index (χ2n) is 6.92. The van der Waals surface area contributed by atoms with Gasteiger partial charge >= 0.3 is 0 Å². The van der Waals surface area contributed by atoms with Crippen molar-refractivity contribution in [3.63, 3.8) is 0 Å². The standard InChI is InChI=1S/C22H28F2N4O.HI/c1-2-25-22(26-15-17-4-3-5-20(24)14-17)27-16-21(28-10-12-29-13-11-28)18-6-8-19(23)9-7-18;/h3-9,14,21H,2,10-13,15-16H2,1H3,(H2,25,26,27);1H. The normalized spacial score (nSPS) is 15.9. The molecule has 1 aliphatic heterocycles. The Balaban J connectivity index is 0.00000320. The van der Waals surface area contributed by atoms with Crippen LogP contribution in [0.3, 0.4) is 0 Å². The molecule has 0 aliphatic carbocycles. The predicted octanol–water partition coefficient (Wildman–Crippen LogP) is 3.71. The molecule has 0 amide bonds. The highest BCUT2D eigenvalue weighted by molar-refractivity contribution is 14.0. The molecular weight excluding hydrogens is 501 g/mol. The van der Waals surface area contributed by atoms with Gasteiger partial charge in [0.25, 0.3) is 0 Å². The number of hydrogen-bond acceptors (Lipinski definition) is 3. The summed E-state index contributed by atoms with van der Waals surface area (Å²) in [6, 6.07) is 13.2. The van der Waals surface area contributed by atoms with Gasteiger partial charge in [-0.1, -0.05) is 24.3 Å². The highest BCUT2D eigenvalue weighted by Crippen LogP contribution is 2.21. The minimum atomic E-state index is -0.264. The zero-order valence-electron chi connectivity index (χ0n) is 17.1. The number of nitrogens with one attached hydrogen (secondary N) is 2. The minimum absolute atomic E-state index is 0. The molecule has 8 heteroatoms. The van der Waals surface area contributed by atoms with Crippen molar-refractivity contribution in [2.45, 2.75) is 19.5 Å². The van der Waals surface area contributed by atoms with Crippen molar-refractivity contribution < 1.29 is 13.5 Å². The molecule has 0 saturated carbocycles. The van der Waals surface area contributed by atoms with Crippen molar-refractivity contribution >= 4 is 29.9 Å². The van der Waals surface area contributed by atoms with Crippen LogP contribution in [0.15, 0.2) is 53.5 Å². The maximum Gasteiger partial charge on any atom is 0.191 e. The summed E-state index contributed by atoms with van der Waals surface area (Å²) < 4.78 is 32.3. The van der Waals surface area contributed by atoms with Crippen molar-refractivity contribution in [2.75, 3.05) is 39.4 Å². The lowest BCUT2D eigenvalue weighted by Gasteiger charge is -2.35. The summed E-state index contributed by atoms with van der Waals surface area (Å²) >= 11 is 0. The van der Waals surface area contributed by atoms with Crippen LogP contribution in [-0.4, -0.2) is 50.3 Å². The van der Waals surface area contributed by atoms with Gasteiger partial charge < -0.3 is 15.4 Å². The third-order valence-corrected chi connectivity index (χ3v) is 4.86. The van der Waals surface area contributed by atoms with Crippen LogP contribution in [0.1, 0.15) is 24.1 Å². The summed E-state index contributed by atoms with van der Waals surface area (Å²) in [4.78, 5) is 6.91. The molecule has 2 N–H and O–H groups in total. The van der Waals surface area contributed by atoms with Crippen LogP contribution in [0.5, 0.6) is 0 Å². The molecule has 1 atom stereocenters. The maximum atomic E-state index is 13.4. The molecular formula is C22H29F2IN4O. The Morgan fingerprint density at radius 3 is 2.47 bits per heavy atom. The molecule has 0 aromatic heterocycles. The first-order chi connectivity index (χ1) is 14.2. The molecule has 164 valence electrons. The molecule has 1 saturated heterocycles. The number of hydrogen-bond donors (Lipinski definition) is 2. The van der Waals surface area contributed by atoms with E-state index in [4.69, 9.17) is 4.74 Å². The van der Waals surface area contributed by atoms with Gasteiger partial charge in [0.2, 0.25) is 0 Å².